The van der Waals surface area contributed by atoms with E-state index in [4.69, 9.17) is 0 Å². The molecule has 0 spiro atoms. The fourth-order valence-electron chi connectivity index (χ4n) is 2.01. The maximum absolute atomic E-state index is 13.6. The van der Waals surface area contributed by atoms with Crippen LogP contribution in [0.25, 0.3) is 0 Å². The van der Waals surface area contributed by atoms with E-state index in [1.54, 1.807) is 0 Å². The van der Waals surface area contributed by atoms with Gasteiger partial charge in [0.25, 0.3) is 0 Å². The van der Waals surface area contributed by atoms with Crippen LogP contribution in [0, 0.1) is 5.82 Å². The van der Waals surface area contributed by atoms with Gasteiger partial charge < -0.3 is 5.32 Å². The van der Waals surface area contributed by atoms with E-state index >= 15 is 0 Å². The molecule has 0 unspecified atom stereocenters. The van der Waals surface area contributed by atoms with Crippen molar-refractivity contribution in [2.24, 2.45) is 0 Å². The third-order valence-corrected chi connectivity index (χ3v) is 3.62. The molecule has 7 heteroatoms. The standard InChI is InChI=1S/C16H17FN2O3S/c1-23(21,22)19-15-11-13(8-9-14(15)17)18-16(20)10-7-12-5-3-2-4-6-12/h2-6,8-9,11,19H,7,10H2,1H3,(H,18,20). The van der Waals surface area contributed by atoms with Crippen LogP contribution in [-0.2, 0) is 21.2 Å². The van der Waals surface area contributed by atoms with Crippen molar-refractivity contribution < 1.29 is 17.6 Å². The first-order valence-corrected chi connectivity index (χ1v) is 8.84. The Hall–Kier alpha value is -2.41. The molecule has 0 aliphatic rings. The summed E-state index contributed by atoms with van der Waals surface area (Å²) in [6.07, 6.45) is 1.79. The predicted molar refractivity (Wildman–Crippen MR) is 88.3 cm³/mol. The van der Waals surface area contributed by atoms with Crippen LogP contribution in [0.4, 0.5) is 15.8 Å². The van der Waals surface area contributed by atoms with E-state index in [9.17, 15) is 17.6 Å². The summed E-state index contributed by atoms with van der Waals surface area (Å²) in [5.74, 6) is -0.941. The van der Waals surface area contributed by atoms with E-state index in [1.165, 1.54) is 12.1 Å². The second-order valence-electron chi connectivity index (χ2n) is 5.10. The number of carbonyl (C=O) groups excluding carboxylic acids is 1. The number of benzene rings is 2. The van der Waals surface area contributed by atoms with Crippen molar-refractivity contribution >= 4 is 27.3 Å². The Bertz CT molecular complexity index is 792. The van der Waals surface area contributed by atoms with Crippen molar-refractivity contribution in [2.45, 2.75) is 12.8 Å². The summed E-state index contributed by atoms with van der Waals surface area (Å²) in [5, 5.41) is 2.63. The van der Waals surface area contributed by atoms with E-state index in [0.29, 0.717) is 12.1 Å². The number of hydrogen-bond donors (Lipinski definition) is 2. The lowest BCUT2D eigenvalue weighted by Crippen LogP contribution is -2.14. The summed E-state index contributed by atoms with van der Waals surface area (Å²) < 4.78 is 38.0. The van der Waals surface area contributed by atoms with Crippen molar-refractivity contribution in [1.29, 1.82) is 0 Å². The molecule has 0 aromatic heterocycles. The average molecular weight is 336 g/mol. The maximum Gasteiger partial charge on any atom is 0.229 e. The fourth-order valence-corrected chi connectivity index (χ4v) is 2.56. The molecular formula is C16H17FN2O3S. The number of amides is 1. The predicted octanol–water partition coefficient (Wildman–Crippen LogP) is 2.77. The molecule has 2 rings (SSSR count). The molecule has 5 nitrogen and oxygen atoms in total. The van der Waals surface area contributed by atoms with Crippen molar-refractivity contribution in [1.82, 2.24) is 0 Å². The topological polar surface area (TPSA) is 75.3 Å². The summed E-state index contributed by atoms with van der Waals surface area (Å²) in [5.41, 5.74) is 1.17. The van der Waals surface area contributed by atoms with Crippen LogP contribution in [0.1, 0.15) is 12.0 Å². The Morgan fingerprint density at radius 2 is 1.83 bits per heavy atom. The molecule has 122 valence electrons. The molecule has 23 heavy (non-hydrogen) atoms. The van der Waals surface area contributed by atoms with Crippen LogP contribution < -0.4 is 10.0 Å². The third-order valence-electron chi connectivity index (χ3n) is 3.03. The van der Waals surface area contributed by atoms with Gasteiger partial charge in [-0.3, -0.25) is 9.52 Å². The Labute approximate surface area is 134 Å². The lowest BCUT2D eigenvalue weighted by molar-refractivity contribution is -0.116. The molecule has 1 amide bonds. The minimum absolute atomic E-state index is 0.201. The fraction of sp³-hybridized carbons (Fsp3) is 0.188. The lowest BCUT2D eigenvalue weighted by atomic mass is 10.1. The SMILES string of the molecule is CS(=O)(=O)Nc1cc(NC(=O)CCc2ccccc2)ccc1F. The van der Waals surface area contributed by atoms with Gasteiger partial charge in [-0.25, -0.2) is 12.8 Å². The number of nitrogens with one attached hydrogen (secondary N) is 2. The molecule has 0 radical (unpaired) electrons. The zero-order valence-corrected chi connectivity index (χ0v) is 13.4. The smallest absolute Gasteiger partial charge is 0.229 e. The quantitative estimate of drug-likeness (QED) is 0.852. The highest BCUT2D eigenvalue weighted by molar-refractivity contribution is 7.92. The number of aryl methyl sites for hydroxylation is 1. The zero-order chi connectivity index (χ0) is 16.9. The lowest BCUT2D eigenvalue weighted by Gasteiger charge is -2.09. The Kier molecular flexibility index (Phi) is 5.33. The molecule has 0 atom stereocenters. The van der Waals surface area contributed by atoms with Gasteiger partial charge in [-0.2, -0.15) is 0 Å². The second-order valence-corrected chi connectivity index (χ2v) is 6.85. The molecule has 2 aromatic rings. The number of hydrogen-bond acceptors (Lipinski definition) is 3. The normalized spacial score (nSPS) is 11.0. The monoisotopic (exact) mass is 336 g/mol. The number of carbonyl (C=O) groups is 1. The van der Waals surface area contributed by atoms with Gasteiger partial charge in [-0.05, 0) is 30.2 Å². The Balaban J connectivity index is 1.99. The molecular weight excluding hydrogens is 319 g/mol. The summed E-state index contributed by atoms with van der Waals surface area (Å²) in [6.45, 7) is 0. The van der Waals surface area contributed by atoms with Crippen LogP contribution >= 0.6 is 0 Å². The summed E-state index contributed by atoms with van der Waals surface area (Å²) in [4.78, 5) is 11.9. The van der Waals surface area contributed by atoms with Crippen LogP contribution in [0.2, 0.25) is 0 Å². The van der Waals surface area contributed by atoms with Gasteiger partial charge in [0.2, 0.25) is 15.9 Å². The van der Waals surface area contributed by atoms with E-state index in [1.807, 2.05) is 30.3 Å². The number of halogens is 1. The van der Waals surface area contributed by atoms with Crippen molar-refractivity contribution in [3.05, 3.63) is 59.9 Å². The van der Waals surface area contributed by atoms with Crippen molar-refractivity contribution in [3.8, 4) is 0 Å². The van der Waals surface area contributed by atoms with Gasteiger partial charge in [0, 0.05) is 12.1 Å². The molecule has 0 bridgehead atoms. The molecule has 0 aliphatic heterocycles. The molecule has 0 heterocycles. The summed E-state index contributed by atoms with van der Waals surface area (Å²) in [6, 6.07) is 13.3. The molecule has 2 aromatic carbocycles. The van der Waals surface area contributed by atoms with Crippen molar-refractivity contribution in [3.63, 3.8) is 0 Å². The van der Waals surface area contributed by atoms with E-state index in [0.717, 1.165) is 17.9 Å². The average Bonchev–Trinajstić information content (AvgIpc) is 2.48. The number of anilines is 2. The number of rotatable bonds is 6. The van der Waals surface area contributed by atoms with Crippen LogP contribution in [0.5, 0.6) is 0 Å². The van der Waals surface area contributed by atoms with Gasteiger partial charge in [0.1, 0.15) is 5.82 Å². The van der Waals surface area contributed by atoms with E-state index < -0.39 is 15.8 Å². The highest BCUT2D eigenvalue weighted by atomic mass is 32.2. The van der Waals surface area contributed by atoms with Gasteiger partial charge in [0.05, 0.1) is 11.9 Å². The maximum atomic E-state index is 13.6. The van der Waals surface area contributed by atoms with Crippen LogP contribution in [-0.4, -0.2) is 20.6 Å². The molecule has 2 N–H and O–H groups in total. The Morgan fingerprint density at radius 3 is 2.48 bits per heavy atom. The van der Waals surface area contributed by atoms with Crippen LogP contribution in [0.3, 0.4) is 0 Å². The van der Waals surface area contributed by atoms with Crippen molar-refractivity contribution in [2.75, 3.05) is 16.3 Å². The molecule has 0 saturated carbocycles. The minimum atomic E-state index is -3.59. The highest BCUT2D eigenvalue weighted by Crippen LogP contribution is 2.20. The summed E-state index contributed by atoms with van der Waals surface area (Å²) in [7, 11) is -3.59. The largest absolute Gasteiger partial charge is 0.326 e. The zero-order valence-electron chi connectivity index (χ0n) is 12.5. The summed E-state index contributed by atoms with van der Waals surface area (Å²) >= 11 is 0. The Morgan fingerprint density at radius 1 is 1.13 bits per heavy atom. The van der Waals surface area contributed by atoms with Gasteiger partial charge >= 0.3 is 0 Å². The van der Waals surface area contributed by atoms with E-state index in [-0.39, 0.29) is 18.0 Å². The second kappa shape index (κ2) is 7.23. The molecule has 0 aliphatic carbocycles. The minimum Gasteiger partial charge on any atom is -0.326 e. The van der Waals surface area contributed by atoms with Crippen LogP contribution in [0.15, 0.2) is 48.5 Å². The highest BCUT2D eigenvalue weighted by Gasteiger charge is 2.10. The van der Waals surface area contributed by atoms with Gasteiger partial charge in [-0.15, -0.1) is 0 Å². The van der Waals surface area contributed by atoms with Gasteiger partial charge in [0.15, 0.2) is 0 Å². The van der Waals surface area contributed by atoms with E-state index in [2.05, 4.69) is 10.0 Å². The first-order chi connectivity index (χ1) is 10.8. The molecule has 0 fully saturated rings. The van der Waals surface area contributed by atoms with Gasteiger partial charge in [-0.1, -0.05) is 30.3 Å². The number of sulfonamides is 1. The third kappa shape index (κ3) is 5.71. The first kappa shape index (κ1) is 17.0. The first-order valence-electron chi connectivity index (χ1n) is 6.94. The molecule has 0 saturated heterocycles.